The van der Waals surface area contributed by atoms with Crippen LogP contribution in [0.2, 0.25) is 0 Å². The van der Waals surface area contributed by atoms with Crippen molar-refractivity contribution in [2.75, 3.05) is 0 Å². The summed E-state index contributed by atoms with van der Waals surface area (Å²) >= 11 is 0. The van der Waals surface area contributed by atoms with Crippen molar-refractivity contribution in [2.45, 2.75) is 122 Å². The summed E-state index contributed by atoms with van der Waals surface area (Å²) in [6, 6.07) is 4.40. The summed E-state index contributed by atoms with van der Waals surface area (Å²) in [6.45, 7) is 6.13. The van der Waals surface area contributed by atoms with Gasteiger partial charge >= 0.3 is 5.97 Å². The Hall–Kier alpha value is -1.57. The number of esters is 1. The maximum atomic E-state index is 12.0. The molecule has 0 spiro atoms. The molecule has 0 bridgehead atoms. The van der Waals surface area contributed by atoms with Crippen molar-refractivity contribution >= 4 is 5.97 Å². The second-order valence-corrected chi connectivity index (χ2v) is 9.00. The smallest absolute Gasteiger partial charge is 0.311 e. The van der Waals surface area contributed by atoms with Gasteiger partial charge < -0.3 is 4.74 Å². The van der Waals surface area contributed by atoms with Gasteiger partial charge in [0.2, 0.25) is 0 Å². The molecule has 1 aromatic rings. The van der Waals surface area contributed by atoms with Crippen LogP contribution in [-0.4, -0.2) is 5.97 Å². The molecule has 168 valence electrons. The monoisotopic (exact) mass is 412 g/mol. The zero-order chi connectivity index (χ0) is 21.4. The molecule has 2 nitrogen and oxygen atoms in total. The van der Waals surface area contributed by atoms with Crippen LogP contribution in [0, 0.1) is 0 Å². The minimum Gasteiger partial charge on any atom is -0.426 e. The summed E-state index contributed by atoms with van der Waals surface area (Å²) in [5.41, 5.74) is 3.76. The number of hydrogen-bond donors (Lipinski definition) is 0. The van der Waals surface area contributed by atoms with Crippen LogP contribution in [-0.2, 0) is 24.1 Å². The maximum absolute atomic E-state index is 12.0. The van der Waals surface area contributed by atoms with E-state index in [9.17, 15) is 4.79 Å². The average Bonchev–Trinajstić information content (AvgIpc) is 2.94. The average molecular weight is 413 g/mol. The van der Waals surface area contributed by atoms with Gasteiger partial charge in [-0.2, -0.15) is 0 Å². The summed E-state index contributed by atoms with van der Waals surface area (Å²) < 4.78 is 5.71. The first kappa shape index (κ1) is 24.7. The number of rotatable bonds is 16. The van der Waals surface area contributed by atoms with Crippen LogP contribution < -0.4 is 4.74 Å². The Labute approximate surface area is 185 Å². The van der Waals surface area contributed by atoms with Gasteiger partial charge in [0.15, 0.2) is 0 Å². The van der Waals surface area contributed by atoms with Crippen LogP contribution in [0.3, 0.4) is 0 Å². The lowest BCUT2D eigenvalue weighted by Crippen LogP contribution is -2.08. The molecular formula is C28H44O2. The van der Waals surface area contributed by atoms with E-state index in [4.69, 9.17) is 4.74 Å². The minimum absolute atomic E-state index is 0.0860. The summed E-state index contributed by atoms with van der Waals surface area (Å²) in [5.74, 6) is 0.752. The van der Waals surface area contributed by atoms with Gasteiger partial charge in [-0.1, -0.05) is 102 Å². The highest BCUT2D eigenvalue weighted by atomic mass is 16.5. The van der Waals surface area contributed by atoms with Crippen molar-refractivity contribution in [3.05, 3.63) is 41.5 Å². The number of aryl methyl sites for hydroxylation is 1. The fourth-order valence-corrected chi connectivity index (χ4v) is 4.58. The molecule has 2 heteroatoms. The van der Waals surface area contributed by atoms with Crippen LogP contribution in [0.25, 0.3) is 0 Å². The first-order chi connectivity index (χ1) is 14.8. The molecule has 0 atom stereocenters. The van der Waals surface area contributed by atoms with Crippen LogP contribution >= 0.6 is 0 Å². The molecule has 0 unspecified atom stereocenters. The predicted molar refractivity (Wildman–Crippen MR) is 128 cm³/mol. The van der Waals surface area contributed by atoms with Crippen molar-refractivity contribution in [3.63, 3.8) is 0 Å². The molecule has 0 saturated heterocycles. The molecular weight excluding hydrogens is 368 g/mol. The predicted octanol–water partition coefficient (Wildman–Crippen LogP) is 8.29. The zero-order valence-electron chi connectivity index (χ0n) is 19.5. The molecule has 0 aromatic heterocycles. The van der Waals surface area contributed by atoms with Crippen LogP contribution in [0.5, 0.6) is 5.75 Å². The van der Waals surface area contributed by atoms with Crippen LogP contribution in [0.1, 0.15) is 120 Å². The molecule has 0 radical (unpaired) electrons. The number of hydrogen-bond acceptors (Lipinski definition) is 2. The SMILES string of the molecule is C=CCc1ccc(CCCCCCCCCCCCCCC)c2c1OC(=O)CCC2. The number of carbonyl (C=O) groups is 1. The lowest BCUT2D eigenvalue weighted by atomic mass is 9.93. The minimum atomic E-state index is -0.0860. The molecule has 0 fully saturated rings. The quantitative estimate of drug-likeness (QED) is 0.118. The third-order valence-corrected chi connectivity index (χ3v) is 6.38. The van der Waals surface area contributed by atoms with Crippen LogP contribution in [0.4, 0.5) is 0 Å². The van der Waals surface area contributed by atoms with Gasteiger partial charge in [0, 0.05) is 6.42 Å². The Morgan fingerprint density at radius 1 is 0.833 bits per heavy atom. The fraction of sp³-hybridized carbons (Fsp3) is 0.679. The molecule has 30 heavy (non-hydrogen) atoms. The Bertz CT molecular complexity index is 632. The van der Waals surface area contributed by atoms with Crippen molar-refractivity contribution in [2.24, 2.45) is 0 Å². The van der Waals surface area contributed by atoms with Crippen molar-refractivity contribution in [1.29, 1.82) is 0 Å². The molecule has 0 amide bonds. The van der Waals surface area contributed by atoms with E-state index < -0.39 is 0 Å². The van der Waals surface area contributed by atoms with Gasteiger partial charge in [-0.15, -0.1) is 6.58 Å². The summed E-state index contributed by atoms with van der Waals surface area (Å²) in [7, 11) is 0. The molecule has 0 saturated carbocycles. The fourth-order valence-electron chi connectivity index (χ4n) is 4.58. The van der Waals surface area contributed by atoms with E-state index in [0.29, 0.717) is 6.42 Å². The molecule has 0 N–H and O–H groups in total. The van der Waals surface area contributed by atoms with Gasteiger partial charge in [0.25, 0.3) is 0 Å². The van der Waals surface area contributed by atoms with Gasteiger partial charge in [0.1, 0.15) is 5.75 Å². The van der Waals surface area contributed by atoms with E-state index in [2.05, 4.69) is 25.6 Å². The molecule has 1 heterocycles. The third kappa shape index (κ3) is 9.06. The van der Waals surface area contributed by atoms with E-state index in [-0.39, 0.29) is 5.97 Å². The lowest BCUT2D eigenvalue weighted by molar-refractivity contribution is -0.134. The Morgan fingerprint density at radius 2 is 1.40 bits per heavy atom. The van der Waals surface area contributed by atoms with Gasteiger partial charge in [0.05, 0.1) is 0 Å². The standard InChI is InChI=1S/C28H44O2/c1-3-5-6-7-8-9-10-11-12-13-14-15-16-19-24-22-23-25(18-4-2)28-26(24)20-17-21-27(29)30-28/h4,22-23H,2-3,5-21H2,1H3. The Balaban J connectivity index is 1.64. The number of allylic oxidation sites excluding steroid dienone is 1. The molecule has 0 aliphatic carbocycles. The highest BCUT2D eigenvalue weighted by molar-refractivity contribution is 5.74. The Kier molecular flexibility index (Phi) is 12.6. The first-order valence-electron chi connectivity index (χ1n) is 12.7. The van der Waals surface area contributed by atoms with E-state index >= 15 is 0 Å². The van der Waals surface area contributed by atoms with E-state index in [1.54, 1.807) is 0 Å². The molecule has 2 rings (SSSR count). The van der Waals surface area contributed by atoms with E-state index in [1.807, 2.05) is 6.08 Å². The van der Waals surface area contributed by atoms with Gasteiger partial charge in [-0.05, 0) is 48.8 Å². The maximum Gasteiger partial charge on any atom is 0.311 e. The highest BCUT2D eigenvalue weighted by Crippen LogP contribution is 2.33. The summed E-state index contributed by atoms with van der Waals surface area (Å²) in [4.78, 5) is 12.0. The van der Waals surface area contributed by atoms with E-state index in [1.165, 1.54) is 94.6 Å². The molecule has 1 aliphatic rings. The van der Waals surface area contributed by atoms with Gasteiger partial charge in [-0.3, -0.25) is 4.79 Å². The highest BCUT2D eigenvalue weighted by Gasteiger charge is 2.20. The van der Waals surface area contributed by atoms with E-state index in [0.717, 1.165) is 37.0 Å². The first-order valence-corrected chi connectivity index (χ1v) is 12.7. The lowest BCUT2D eigenvalue weighted by Gasteiger charge is -2.15. The Morgan fingerprint density at radius 3 is 2.00 bits per heavy atom. The molecule has 1 aliphatic heterocycles. The van der Waals surface area contributed by atoms with Crippen LogP contribution in [0.15, 0.2) is 24.8 Å². The van der Waals surface area contributed by atoms with Gasteiger partial charge in [-0.25, -0.2) is 0 Å². The number of benzene rings is 1. The topological polar surface area (TPSA) is 26.3 Å². The third-order valence-electron chi connectivity index (χ3n) is 6.38. The summed E-state index contributed by atoms with van der Waals surface area (Å²) in [5, 5.41) is 0. The molecule has 1 aromatic carbocycles. The number of unbranched alkanes of at least 4 members (excludes halogenated alkanes) is 12. The van der Waals surface area contributed by atoms with Crippen molar-refractivity contribution < 1.29 is 9.53 Å². The summed E-state index contributed by atoms with van der Waals surface area (Å²) in [6.07, 6.45) is 24.1. The number of ether oxygens (including phenoxy) is 1. The van der Waals surface area contributed by atoms with Crippen molar-refractivity contribution in [3.8, 4) is 5.75 Å². The van der Waals surface area contributed by atoms with Crippen molar-refractivity contribution in [1.82, 2.24) is 0 Å². The second kappa shape index (κ2) is 15.3. The normalized spacial score (nSPS) is 13.6. The number of fused-ring (bicyclic) bond motifs is 1. The zero-order valence-corrected chi connectivity index (χ0v) is 19.5. The second-order valence-electron chi connectivity index (χ2n) is 9.00. The number of carbonyl (C=O) groups excluding carboxylic acids is 1. The largest absolute Gasteiger partial charge is 0.426 e.